The van der Waals surface area contributed by atoms with Gasteiger partial charge in [0.2, 0.25) is 11.8 Å². The van der Waals surface area contributed by atoms with Gasteiger partial charge < -0.3 is 20.4 Å². The summed E-state index contributed by atoms with van der Waals surface area (Å²) in [6.45, 7) is 9.32. The lowest BCUT2D eigenvalue weighted by Crippen LogP contribution is -2.46. The molecule has 158 valence electrons. The highest BCUT2D eigenvalue weighted by Gasteiger charge is 2.31. The number of halogens is 1. The number of carbonyl (C=O) groups excluding carboxylic acids is 2. The van der Waals surface area contributed by atoms with Gasteiger partial charge in [0.25, 0.3) is 0 Å². The van der Waals surface area contributed by atoms with Gasteiger partial charge in [-0.1, -0.05) is 13.0 Å². The van der Waals surface area contributed by atoms with E-state index in [2.05, 4.69) is 33.4 Å². The molecule has 2 aromatic carbocycles. The second-order valence-corrected chi connectivity index (χ2v) is 7.95. The number of benzene rings is 2. The number of anilines is 3. The summed E-state index contributed by atoms with van der Waals surface area (Å²) < 4.78 is 13.5. The zero-order valence-electron chi connectivity index (χ0n) is 17.4. The molecule has 0 radical (unpaired) electrons. The van der Waals surface area contributed by atoms with E-state index in [0.717, 1.165) is 49.7 Å². The summed E-state index contributed by atoms with van der Waals surface area (Å²) in [7, 11) is 0. The van der Waals surface area contributed by atoms with E-state index >= 15 is 0 Å². The third-order valence-corrected chi connectivity index (χ3v) is 6.02. The monoisotopic (exact) mass is 410 g/mol. The Hall–Kier alpha value is -2.93. The quantitative estimate of drug-likeness (QED) is 0.812. The second-order valence-electron chi connectivity index (χ2n) is 7.95. The van der Waals surface area contributed by atoms with E-state index in [1.54, 1.807) is 6.07 Å². The maximum atomic E-state index is 13.5. The van der Waals surface area contributed by atoms with Gasteiger partial charge in [0.15, 0.2) is 0 Å². The molecule has 2 heterocycles. The minimum Gasteiger partial charge on any atom is -0.369 e. The molecule has 0 aliphatic carbocycles. The first-order valence-corrected chi connectivity index (χ1v) is 10.4. The number of carbonyl (C=O) groups is 2. The van der Waals surface area contributed by atoms with E-state index in [-0.39, 0.29) is 18.2 Å². The van der Waals surface area contributed by atoms with Crippen LogP contribution in [-0.4, -0.2) is 49.4 Å². The van der Waals surface area contributed by atoms with E-state index in [9.17, 15) is 14.0 Å². The standard InChI is InChI=1S/C23H27FN4O2/c1-3-27-8-10-28(11-9-27)17-5-7-20(15(2)12-17)26-23(30)19-14-22(29)25-21-13-16(24)4-6-18(19)21/h4-7,12-13,19H,3,8-11,14H2,1-2H3,(H,25,29)(H,26,30)/t19-/m1/s1. The lowest BCUT2D eigenvalue weighted by atomic mass is 9.89. The molecule has 0 aromatic heterocycles. The first-order valence-electron chi connectivity index (χ1n) is 10.4. The van der Waals surface area contributed by atoms with Gasteiger partial charge in [0.1, 0.15) is 5.82 Å². The normalized spacial score (nSPS) is 19.2. The summed E-state index contributed by atoms with van der Waals surface area (Å²) in [5, 5.41) is 5.61. The van der Waals surface area contributed by atoms with E-state index in [1.165, 1.54) is 12.1 Å². The molecule has 0 unspecified atom stereocenters. The molecule has 2 amide bonds. The summed E-state index contributed by atoms with van der Waals surface area (Å²) in [6.07, 6.45) is 0.0449. The summed E-state index contributed by atoms with van der Waals surface area (Å²) in [4.78, 5) is 29.8. The van der Waals surface area contributed by atoms with Crippen LogP contribution in [0.25, 0.3) is 0 Å². The maximum Gasteiger partial charge on any atom is 0.232 e. The molecule has 7 heteroatoms. The lowest BCUT2D eigenvalue weighted by molar-refractivity contribution is -0.123. The largest absolute Gasteiger partial charge is 0.369 e. The second kappa shape index (κ2) is 8.44. The third-order valence-electron chi connectivity index (χ3n) is 6.02. The van der Waals surface area contributed by atoms with Gasteiger partial charge in [-0.25, -0.2) is 4.39 Å². The number of rotatable bonds is 4. The Labute approximate surface area is 176 Å². The maximum absolute atomic E-state index is 13.5. The molecule has 2 aliphatic rings. The Bertz CT molecular complexity index is 970. The van der Waals surface area contributed by atoms with Crippen molar-refractivity contribution >= 4 is 28.9 Å². The summed E-state index contributed by atoms with van der Waals surface area (Å²) in [5.74, 6) is -1.63. The molecule has 2 aromatic rings. The van der Waals surface area contributed by atoms with E-state index in [1.807, 2.05) is 19.1 Å². The van der Waals surface area contributed by atoms with Crippen molar-refractivity contribution in [2.45, 2.75) is 26.2 Å². The molecule has 0 saturated carbocycles. The molecule has 6 nitrogen and oxygen atoms in total. The molecule has 1 atom stereocenters. The van der Waals surface area contributed by atoms with Crippen molar-refractivity contribution in [3.8, 4) is 0 Å². The average molecular weight is 410 g/mol. The predicted octanol–water partition coefficient (Wildman–Crippen LogP) is 3.34. The Morgan fingerprint density at radius 3 is 2.63 bits per heavy atom. The highest BCUT2D eigenvalue weighted by atomic mass is 19.1. The number of aryl methyl sites for hydroxylation is 1. The van der Waals surface area contributed by atoms with Crippen molar-refractivity contribution in [3.63, 3.8) is 0 Å². The fourth-order valence-electron chi connectivity index (χ4n) is 4.20. The van der Waals surface area contributed by atoms with Crippen LogP contribution in [0, 0.1) is 12.7 Å². The fraction of sp³-hybridized carbons (Fsp3) is 0.391. The average Bonchev–Trinajstić information content (AvgIpc) is 2.74. The van der Waals surface area contributed by atoms with Crippen LogP contribution in [-0.2, 0) is 9.59 Å². The van der Waals surface area contributed by atoms with Crippen molar-refractivity contribution in [3.05, 3.63) is 53.3 Å². The Morgan fingerprint density at radius 1 is 1.17 bits per heavy atom. The summed E-state index contributed by atoms with van der Waals surface area (Å²) >= 11 is 0. The number of nitrogens with zero attached hydrogens (tertiary/aromatic N) is 2. The van der Waals surface area contributed by atoms with Crippen molar-refractivity contribution < 1.29 is 14.0 Å². The smallest absolute Gasteiger partial charge is 0.232 e. The van der Waals surface area contributed by atoms with Crippen LogP contribution < -0.4 is 15.5 Å². The number of fused-ring (bicyclic) bond motifs is 1. The van der Waals surface area contributed by atoms with Crippen LogP contribution in [0.2, 0.25) is 0 Å². The topological polar surface area (TPSA) is 64.7 Å². The van der Waals surface area contributed by atoms with Crippen LogP contribution >= 0.6 is 0 Å². The summed E-state index contributed by atoms with van der Waals surface area (Å²) in [5.41, 5.74) is 3.85. The van der Waals surface area contributed by atoms with Gasteiger partial charge in [0.05, 0.1) is 5.92 Å². The van der Waals surface area contributed by atoms with Gasteiger partial charge in [-0.15, -0.1) is 0 Å². The number of hydrogen-bond acceptors (Lipinski definition) is 4. The SMILES string of the molecule is CCN1CCN(c2ccc(NC(=O)[C@@H]3CC(=O)Nc4cc(F)ccc43)c(C)c2)CC1. The van der Waals surface area contributed by atoms with Gasteiger partial charge in [-0.05, 0) is 54.9 Å². The molecule has 4 rings (SSSR count). The highest BCUT2D eigenvalue weighted by molar-refractivity contribution is 6.05. The minimum atomic E-state index is -0.643. The highest BCUT2D eigenvalue weighted by Crippen LogP contribution is 2.34. The zero-order valence-corrected chi connectivity index (χ0v) is 17.4. The Kier molecular flexibility index (Phi) is 5.72. The van der Waals surface area contributed by atoms with Gasteiger partial charge in [-0.2, -0.15) is 0 Å². The number of likely N-dealkylation sites (N-methyl/N-ethyl adjacent to an activating group) is 1. The summed E-state index contributed by atoms with van der Waals surface area (Å²) in [6, 6.07) is 10.2. The van der Waals surface area contributed by atoms with Gasteiger partial charge >= 0.3 is 0 Å². The molecule has 2 aliphatic heterocycles. The molecule has 0 bridgehead atoms. The minimum absolute atomic E-state index is 0.0449. The molecular weight excluding hydrogens is 383 g/mol. The first kappa shape index (κ1) is 20.3. The van der Waals surface area contributed by atoms with Crippen molar-refractivity contribution in [1.29, 1.82) is 0 Å². The Morgan fingerprint density at radius 2 is 1.93 bits per heavy atom. The van der Waals surface area contributed by atoms with E-state index in [4.69, 9.17) is 0 Å². The molecule has 1 saturated heterocycles. The van der Waals surface area contributed by atoms with E-state index in [0.29, 0.717) is 11.3 Å². The first-order chi connectivity index (χ1) is 14.4. The van der Waals surface area contributed by atoms with Crippen LogP contribution in [0.5, 0.6) is 0 Å². The fourth-order valence-corrected chi connectivity index (χ4v) is 4.20. The van der Waals surface area contributed by atoms with Crippen LogP contribution in [0.15, 0.2) is 36.4 Å². The van der Waals surface area contributed by atoms with Crippen molar-refractivity contribution in [1.82, 2.24) is 4.90 Å². The van der Waals surface area contributed by atoms with Crippen molar-refractivity contribution in [2.75, 3.05) is 48.3 Å². The van der Waals surface area contributed by atoms with Crippen LogP contribution in [0.1, 0.15) is 30.4 Å². The van der Waals surface area contributed by atoms with Crippen LogP contribution in [0.3, 0.4) is 0 Å². The molecule has 1 fully saturated rings. The number of hydrogen-bond donors (Lipinski definition) is 2. The lowest BCUT2D eigenvalue weighted by Gasteiger charge is -2.35. The molecule has 30 heavy (non-hydrogen) atoms. The molecule has 0 spiro atoms. The predicted molar refractivity (Wildman–Crippen MR) is 117 cm³/mol. The molecule has 2 N–H and O–H groups in total. The number of piperazine rings is 1. The number of amides is 2. The van der Waals surface area contributed by atoms with Crippen molar-refractivity contribution in [2.24, 2.45) is 0 Å². The van der Waals surface area contributed by atoms with Gasteiger partial charge in [0, 0.05) is 49.7 Å². The van der Waals surface area contributed by atoms with Gasteiger partial charge in [-0.3, -0.25) is 9.59 Å². The molecular formula is C23H27FN4O2. The number of nitrogens with one attached hydrogen (secondary N) is 2. The Balaban J connectivity index is 1.48. The van der Waals surface area contributed by atoms with Crippen LogP contribution in [0.4, 0.5) is 21.5 Å². The van der Waals surface area contributed by atoms with E-state index < -0.39 is 11.7 Å². The third kappa shape index (κ3) is 4.16. The zero-order chi connectivity index (χ0) is 21.3.